The van der Waals surface area contributed by atoms with Gasteiger partial charge in [-0.05, 0) is 43.9 Å². The van der Waals surface area contributed by atoms with E-state index < -0.39 is 6.09 Å². The molecule has 2 amide bonds. The van der Waals surface area contributed by atoms with E-state index in [0.29, 0.717) is 31.4 Å². The zero-order valence-electron chi connectivity index (χ0n) is 19.3. The highest BCUT2D eigenvalue weighted by Gasteiger charge is 2.42. The van der Waals surface area contributed by atoms with Gasteiger partial charge in [-0.1, -0.05) is 35.4 Å². The Hall–Kier alpha value is -3.02. The maximum Gasteiger partial charge on any atom is 0.407 e. The minimum absolute atomic E-state index is 0.00947. The van der Waals surface area contributed by atoms with Crippen LogP contribution in [0.1, 0.15) is 44.6 Å². The predicted molar refractivity (Wildman–Crippen MR) is 127 cm³/mol. The summed E-state index contributed by atoms with van der Waals surface area (Å²) < 4.78 is 16.3. The Morgan fingerprint density at radius 2 is 2.09 bits per heavy atom. The number of allylic oxidation sites excluding steroid dienone is 3. The average molecular weight is 486 g/mol. The summed E-state index contributed by atoms with van der Waals surface area (Å²) in [5.74, 6) is 0.108. The van der Waals surface area contributed by atoms with E-state index in [2.05, 4.69) is 5.32 Å². The van der Waals surface area contributed by atoms with Crippen LogP contribution in [0.25, 0.3) is 0 Å². The molecule has 0 saturated carbocycles. The molecule has 3 aliphatic heterocycles. The number of benzene rings is 1. The van der Waals surface area contributed by atoms with Gasteiger partial charge in [0.25, 0.3) is 6.26 Å². The van der Waals surface area contributed by atoms with Crippen molar-refractivity contribution in [2.75, 3.05) is 11.9 Å². The first-order valence-corrected chi connectivity index (χ1v) is 11.8. The number of nitrogens with zero attached hydrogens (tertiary/aromatic N) is 2. The number of ether oxygens (including phenoxy) is 3. The highest BCUT2D eigenvalue weighted by atomic mass is 35.5. The van der Waals surface area contributed by atoms with Gasteiger partial charge in [0.15, 0.2) is 5.75 Å². The van der Waals surface area contributed by atoms with Crippen molar-refractivity contribution in [2.45, 2.75) is 69.8 Å². The molecule has 1 N–H and O–H groups in total. The molecule has 180 valence electrons. The van der Waals surface area contributed by atoms with Crippen molar-refractivity contribution in [3.63, 3.8) is 0 Å². The quantitative estimate of drug-likeness (QED) is 0.466. The van der Waals surface area contributed by atoms with Gasteiger partial charge >= 0.3 is 6.09 Å². The van der Waals surface area contributed by atoms with Gasteiger partial charge in [-0.2, -0.15) is 0 Å². The van der Waals surface area contributed by atoms with Gasteiger partial charge in [-0.25, -0.2) is 4.79 Å². The van der Waals surface area contributed by atoms with Crippen LogP contribution in [0, 0.1) is 11.5 Å². The van der Waals surface area contributed by atoms with Gasteiger partial charge < -0.3 is 24.4 Å². The first-order chi connectivity index (χ1) is 16.3. The maximum absolute atomic E-state index is 12.9. The Bertz CT molecular complexity index is 1060. The van der Waals surface area contributed by atoms with Gasteiger partial charge in [0, 0.05) is 32.4 Å². The highest BCUT2D eigenvalue weighted by Crippen LogP contribution is 2.38. The molecule has 3 heterocycles. The average Bonchev–Trinajstić information content (AvgIpc) is 3.53. The van der Waals surface area contributed by atoms with Gasteiger partial charge in [-0.3, -0.25) is 4.79 Å². The summed E-state index contributed by atoms with van der Waals surface area (Å²) in [6, 6.07) is 3.58. The fourth-order valence-corrected chi connectivity index (χ4v) is 4.78. The van der Waals surface area contributed by atoms with Crippen LogP contribution in [0.15, 0.2) is 35.9 Å². The standard InChI is InChI=1S/C25H28ClN3O5/c1-15-5-3-4-6-17-12-18(33-25(31)28-17)13-21-20(34-21)7-8-23(30)29(2)19-10-16(9-15)11-22(24(19)26)32-14-27/h3-5,10-11,17-18,20-21H,6-9,12-13H2,1-2H3,(H,28,31)/b4-3+,15-5+. The van der Waals surface area contributed by atoms with E-state index in [9.17, 15) is 9.59 Å². The summed E-state index contributed by atoms with van der Waals surface area (Å²) in [6.07, 6.45) is 10.5. The molecule has 0 aliphatic carbocycles. The van der Waals surface area contributed by atoms with Crippen molar-refractivity contribution >= 4 is 29.3 Å². The number of rotatable bonds is 1. The van der Waals surface area contributed by atoms with Crippen molar-refractivity contribution in [1.82, 2.24) is 5.32 Å². The fourth-order valence-electron chi connectivity index (χ4n) is 4.51. The second-order valence-electron chi connectivity index (χ2n) is 9.02. The number of carbonyl (C=O) groups excluding carboxylic acids is 2. The van der Waals surface area contributed by atoms with Crippen molar-refractivity contribution in [3.05, 3.63) is 46.5 Å². The Kier molecular flexibility index (Phi) is 7.44. The van der Waals surface area contributed by atoms with Crippen LogP contribution in [0.5, 0.6) is 5.75 Å². The number of halogens is 1. The summed E-state index contributed by atoms with van der Waals surface area (Å²) in [6.45, 7) is 2.00. The number of amides is 2. The number of nitriles is 1. The Morgan fingerprint density at radius 3 is 2.88 bits per heavy atom. The number of fused-ring (bicyclic) bond motifs is 5. The molecule has 0 radical (unpaired) electrons. The molecular formula is C25H28ClN3O5. The van der Waals surface area contributed by atoms with E-state index in [0.717, 1.165) is 17.6 Å². The first kappa shape index (κ1) is 24.1. The van der Waals surface area contributed by atoms with E-state index >= 15 is 0 Å². The Labute approximate surface area is 204 Å². The van der Waals surface area contributed by atoms with Crippen molar-refractivity contribution in [1.29, 1.82) is 5.26 Å². The van der Waals surface area contributed by atoms with Gasteiger partial charge in [-0.15, -0.1) is 5.26 Å². The topological polar surface area (TPSA) is 104 Å². The molecule has 8 nitrogen and oxygen atoms in total. The number of carbonyl (C=O) groups is 2. The molecule has 4 unspecified atom stereocenters. The molecule has 1 aromatic carbocycles. The van der Waals surface area contributed by atoms with Gasteiger partial charge in [0.05, 0.1) is 17.9 Å². The number of hydrogen-bond donors (Lipinski definition) is 1. The summed E-state index contributed by atoms with van der Waals surface area (Å²) in [4.78, 5) is 26.4. The lowest BCUT2D eigenvalue weighted by atomic mass is 9.99. The van der Waals surface area contributed by atoms with E-state index in [1.165, 1.54) is 4.90 Å². The smallest absolute Gasteiger partial charge is 0.407 e. The van der Waals surface area contributed by atoms with Crippen molar-refractivity contribution in [3.8, 4) is 12.0 Å². The lowest BCUT2D eigenvalue weighted by molar-refractivity contribution is -0.118. The molecule has 4 bridgehead atoms. The lowest BCUT2D eigenvalue weighted by Crippen LogP contribution is -2.45. The third kappa shape index (κ3) is 5.91. The Morgan fingerprint density at radius 1 is 1.26 bits per heavy atom. The van der Waals surface area contributed by atoms with E-state index in [1.54, 1.807) is 19.4 Å². The summed E-state index contributed by atoms with van der Waals surface area (Å²) in [5.41, 5.74) is 2.44. The molecule has 3 aliphatic rings. The number of anilines is 1. The third-order valence-electron chi connectivity index (χ3n) is 6.36. The molecule has 1 aromatic rings. The maximum atomic E-state index is 12.9. The molecule has 4 rings (SSSR count). The summed E-state index contributed by atoms with van der Waals surface area (Å²) in [7, 11) is 1.66. The lowest BCUT2D eigenvalue weighted by Gasteiger charge is -2.29. The highest BCUT2D eigenvalue weighted by molar-refractivity contribution is 6.35. The Balaban J connectivity index is 1.60. The zero-order valence-corrected chi connectivity index (χ0v) is 20.0. The third-order valence-corrected chi connectivity index (χ3v) is 6.74. The minimum atomic E-state index is -0.396. The number of alkyl carbamates (subject to hydrolysis) is 1. The second kappa shape index (κ2) is 10.5. The van der Waals surface area contributed by atoms with Crippen LogP contribution in [-0.4, -0.2) is 43.4 Å². The van der Waals surface area contributed by atoms with Crippen LogP contribution in [0.3, 0.4) is 0 Å². The summed E-state index contributed by atoms with van der Waals surface area (Å²) >= 11 is 6.48. The summed E-state index contributed by atoms with van der Waals surface area (Å²) in [5, 5.41) is 12.1. The number of hydrogen-bond acceptors (Lipinski definition) is 6. The van der Waals surface area contributed by atoms with Crippen molar-refractivity contribution < 1.29 is 23.8 Å². The van der Waals surface area contributed by atoms with Crippen LogP contribution in [0.2, 0.25) is 5.02 Å². The van der Waals surface area contributed by atoms with E-state index in [-0.39, 0.29) is 47.5 Å². The number of nitrogens with one attached hydrogen (secondary N) is 1. The SMILES string of the molecule is C/C1=C\C=C\CC2CC(CC3OC3CCC(=O)N(C)c3cc(cc(OC#N)c3Cl)C1)OC(=O)N2. The van der Waals surface area contributed by atoms with E-state index in [1.807, 2.05) is 31.2 Å². The van der Waals surface area contributed by atoms with Crippen LogP contribution in [-0.2, 0) is 20.7 Å². The molecule has 0 aromatic heterocycles. The second-order valence-corrected chi connectivity index (χ2v) is 9.40. The minimum Gasteiger partial charge on any atom is -0.446 e. The monoisotopic (exact) mass is 485 g/mol. The van der Waals surface area contributed by atoms with Crippen LogP contribution >= 0.6 is 11.6 Å². The molecule has 2 fully saturated rings. The molecule has 34 heavy (non-hydrogen) atoms. The molecule has 2 saturated heterocycles. The molecule has 9 heteroatoms. The van der Waals surface area contributed by atoms with Crippen LogP contribution < -0.4 is 15.0 Å². The fraction of sp³-hybridized carbons (Fsp3) is 0.480. The molecular weight excluding hydrogens is 458 g/mol. The largest absolute Gasteiger partial charge is 0.446 e. The van der Waals surface area contributed by atoms with E-state index in [4.69, 9.17) is 31.1 Å². The van der Waals surface area contributed by atoms with Crippen molar-refractivity contribution in [2.24, 2.45) is 0 Å². The van der Waals surface area contributed by atoms with Gasteiger partial charge in [0.2, 0.25) is 5.91 Å². The molecule has 0 spiro atoms. The normalized spacial score (nSPS) is 30.1. The van der Waals surface area contributed by atoms with Gasteiger partial charge in [0.1, 0.15) is 11.1 Å². The molecule has 4 atom stereocenters. The zero-order chi connectivity index (χ0) is 24.2. The predicted octanol–water partition coefficient (Wildman–Crippen LogP) is 4.42. The number of epoxide rings is 1. The van der Waals surface area contributed by atoms with Crippen LogP contribution in [0.4, 0.5) is 10.5 Å². The first-order valence-electron chi connectivity index (χ1n) is 11.4.